The van der Waals surface area contributed by atoms with Gasteiger partial charge in [-0.15, -0.1) is 0 Å². The minimum absolute atomic E-state index is 0.413. The minimum atomic E-state index is -0.413. The highest BCUT2D eigenvalue weighted by atomic mass is 16.5. The molecule has 0 saturated heterocycles. The smallest absolute Gasteiger partial charge is 0.0824 e. The average Bonchev–Trinajstić information content (AvgIpc) is 2.60. The number of aryl methyl sites for hydroxylation is 2. The zero-order valence-corrected chi connectivity index (χ0v) is 9.73. The summed E-state index contributed by atoms with van der Waals surface area (Å²) < 4.78 is 6.72. The Balaban J connectivity index is 2.59. The Morgan fingerprint density at radius 2 is 2.33 bits per heavy atom. The van der Waals surface area contributed by atoms with Crippen molar-refractivity contribution in [3.63, 3.8) is 0 Å². The van der Waals surface area contributed by atoms with E-state index in [1.165, 1.54) is 0 Å². The molecular formula is C11H20N2O2. The first-order valence-corrected chi connectivity index (χ1v) is 5.38. The quantitative estimate of drug-likeness (QED) is 0.726. The average molecular weight is 212 g/mol. The Morgan fingerprint density at radius 1 is 1.60 bits per heavy atom. The fraction of sp³-hybridized carbons (Fsp3) is 0.727. The lowest BCUT2D eigenvalue weighted by atomic mass is 10.0. The molecule has 0 radical (unpaired) electrons. The zero-order valence-electron chi connectivity index (χ0n) is 9.73. The SMILES string of the molecule is CCc1nn(C)cc1C(O)CCCOC. The van der Waals surface area contributed by atoms with Crippen LogP contribution in [0.1, 0.15) is 37.1 Å². The van der Waals surface area contributed by atoms with E-state index in [9.17, 15) is 5.11 Å². The Bertz CT molecular complexity index is 297. The molecule has 0 aliphatic rings. The minimum Gasteiger partial charge on any atom is -0.388 e. The summed E-state index contributed by atoms with van der Waals surface area (Å²) in [5.41, 5.74) is 1.94. The van der Waals surface area contributed by atoms with Gasteiger partial charge in [0.25, 0.3) is 0 Å². The summed E-state index contributed by atoms with van der Waals surface area (Å²) in [6, 6.07) is 0. The van der Waals surface area contributed by atoms with Crippen molar-refractivity contribution in [1.82, 2.24) is 9.78 Å². The van der Waals surface area contributed by atoms with Gasteiger partial charge in [-0.2, -0.15) is 5.10 Å². The molecule has 0 bridgehead atoms. The Morgan fingerprint density at radius 3 is 2.93 bits per heavy atom. The summed E-state index contributed by atoms with van der Waals surface area (Å²) in [7, 11) is 3.55. The molecule has 0 saturated carbocycles. The maximum atomic E-state index is 9.96. The van der Waals surface area contributed by atoms with Crippen LogP contribution in [0.2, 0.25) is 0 Å². The third kappa shape index (κ3) is 3.32. The number of aliphatic hydroxyl groups excluding tert-OH is 1. The summed E-state index contributed by atoms with van der Waals surface area (Å²) in [6.07, 6.45) is 3.94. The lowest BCUT2D eigenvalue weighted by Crippen LogP contribution is -2.01. The molecular weight excluding hydrogens is 192 g/mol. The van der Waals surface area contributed by atoms with Gasteiger partial charge in [0.2, 0.25) is 0 Å². The number of aliphatic hydroxyl groups is 1. The van der Waals surface area contributed by atoms with Crippen molar-refractivity contribution in [2.75, 3.05) is 13.7 Å². The van der Waals surface area contributed by atoms with Crippen LogP contribution in [-0.4, -0.2) is 28.6 Å². The molecule has 0 aliphatic carbocycles. The fourth-order valence-corrected chi connectivity index (χ4v) is 1.68. The maximum absolute atomic E-state index is 9.96. The molecule has 86 valence electrons. The lowest BCUT2D eigenvalue weighted by Gasteiger charge is -2.09. The monoisotopic (exact) mass is 212 g/mol. The number of nitrogens with zero attached hydrogens (tertiary/aromatic N) is 2. The number of rotatable bonds is 6. The van der Waals surface area contributed by atoms with Crippen LogP contribution in [0.4, 0.5) is 0 Å². The second kappa shape index (κ2) is 5.88. The molecule has 1 atom stereocenters. The molecule has 15 heavy (non-hydrogen) atoms. The van der Waals surface area contributed by atoms with E-state index < -0.39 is 6.10 Å². The van der Waals surface area contributed by atoms with Gasteiger partial charge in [-0.1, -0.05) is 6.92 Å². The van der Waals surface area contributed by atoms with Crippen LogP contribution < -0.4 is 0 Å². The molecule has 1 unspecified atom stereocenters. The molecule has 0 amide bonds. The van der Waals surface area contributed by atoms with E-state index in [4.69, 9.17) is 4.74 Å². The summed E-state index contributed by atoms with van der Waals surface area (Å²) >= 11 is 0. The van der Waals surface area contributed by atoms with Crippen molar-refractivity contribution in [3.8, 4) is 0 Å². The van der Waals surface area contributed by atoms with Crippen molar-refractivity contribution >= 4 is 0 Å². The largest absolute Gasteiger partial charge is 0.388 e. The molecule has 0 aliphatic heterocycles. The second-order valence-electron chi connectivity index (χ2n) is 3.71. The van der Waals surface area contributed by atoms with Crippen LogP contribution >= 0.6 is 0 Å². The normalized spacial score (nSPS) is 13.1. The second-order valence-corrected chi connectivity index (χ2v) is 3.71. The number of hydrogen-bond acceptors (Lipinski definition) is 3. The third-order valence-electron chi connectivity index (χ3n) is 2.46. The molecule has 0 spiro atoms. The van der Waals surface area contributed by atoms with Gasteiger partial charge in [0.05, 0.1) is 11.8 Å². The van der Waals surface area contributed by atoms with Crippen molar-refractivity contribution in [2.45, 2.75) is 32.3 Å². The van der Waals surface area contributed by atoms with E-state index in [2.05, 4.69) is 5.10 Å². The van der Waals surface area contributed by atoms with Crippen LogP contribution in [0.3, 0.4) is 0 Å². The van der Waals surface area contributed by atoms with E-state index >= 15 is 0 Å². The van der Waals surface area contributed by atoms with Crippen LogP contribution in [0.15, 0.2) is 6.20 Å². The van der Waals surface area contributed by atoms with E-state index in [0.717, 1.165) is 30.5 Å². The number of hydrogen-bond donors (Lipinski definition) is 1. The Hall–Kier alpha value is -0.870. The van der Waals surface area contributed by atoms with Crippen LogP contribution in [0, 0.1) is 0 Å². The zero-order chi connectivity index (χ0) is 11.3. The van der Waals surface area contributed by atoms with Crippen molar-refractivity contribution < 1.29 is 9.84 Å². The van der Waals surface area contributed by atoms with E-state index in [1.807, 2.05) is 20.2 Å². The third-order valence-corrected chi connectivity index (χ3v) is 2.46. The lowest BCUT2D eigenvalue weighted by molar-refractivity contribution is 0.135. The van der Waals surface area contributed by atoms with Crippen molar-refractivity contribution in [1.29, 1.82) is 0 Å². The molecule has 0 aromatic carbocycles. The fourth-order valence-electron chi connectivity index (χ4n) is 1.68. The highest BCUT2D eigenvalue weighted by Crippen LogP contribution is 2.21. The van der Waals surface area contributed by atoms with E-state index in [0.29, 0.717) is 6.61 Å². The van der Waals surface area contributed by atoms with Gasteiger partial charge >= 0.3 is 0 Å². The molecule has 1 aromatic rings. The summed E-state index contributed by atoms with van der Waals surface area (Å²) in [6.45, 7) is 2.74. The van der Waals surface area contributed by atoms with Crippen molar-refractivity contribution in [2.24, 2.45) is 7.05 Å². The predicted octanol–water partition coefficient (Wildman–Crippen LogP) is 1.44. The molecule has 0 fully saturated rings. The van der Waals surface area contributed by atoms with Crippen LogP contribution in [0.5, 0.6) is 0 Å². The van der Waals surface area contributed by atoms with Crippen molar-refractivity contribution in [3.05, 3.63) is 17.5 Å². The van der Waals surface area contributed by atoms with Gasteiger partial charge in [-0.3, -0.25) is 4.68 Å². The molecule has 1 heterocycles. The highest BCUT2D eigenvalue weighted by Gasteiger charge is 2.14. The summed E-state index contributed by atoms with van der Waals surface area (Å²) in [5, 5.41) is 14.3. The first-order valence-electron chi connectivity index (χ1n) is 5.38. The topological polar surface area (TPSA) is 47.3 Å². The summed E-state index contributed by atoms with van der Waals surface area (Å²) in [5.74, 6) is 0. The van der Waals surface area contributed by atoms with Crippen LogP contribution in [-0.2, 0) is 18.2 Å². The number of methoxy groups -OCH3 is 1. The highest BCUT2D eigenvalue weighted by molar-refractivity contribution is 5.19. The molecule has 1 N–H and O–H groups in total. The first kappa shape index (κ1) is 12.2. The predicted molar refractivity (Wildman–Crippen MR) is 58.7 cm³/mol. The molecule has 1 rings (SSSR count). The Labute approximate surface area is 90.9 Å². The molecule has 4 nitrogen and oxygen atoms in total. The van der Waals surface area contributed by atoms with Gasteiger partial charge in [0, 0.05) is 32.5 Å². The molecule has 1 aromatic heterocycles. The van der Waals surface area contributed by atoms with Crippen LogP contribution in [0.25, 0.3) is 0 Å². The number of ether oxygens (including phenoxy) is 1. The van der Waals surface area contributed by atoms with Gasteiger partial charge < -0.3 is 9.84 Å². The number of aromatic nitrogens is 2. The Kier molecular flexibility index (Phi) is 4.78. The standard InChI is InChI=1S/C11H20N2O2/c1-4-10-9(8-13(2)12-10)11(14)6-5-7-15-3/h8,11,14H,4-7H2,1-3H3. The van der Waals surface area contributed by atoms with E-state index in [-0.39, 0.29) is 0 Å². The van der Waals surface area contributed by atoms with Gasteiger partial charge in [-0.05, 0) is 19.3 Å². The van der Waals surface area contributed by atoms with E-state index in [1.54, 1.807) is 11.8 Å². The maximum Gasteiger partial charge on any atom is 0.0824 e. The summed E-state index contributed by atoms with van der Waals surface area (Å²) in [4.78, 5) is 0. The molecule has 4 heteroatoms. The van der Waals surface area contributed by atoms with Gasteiger partial charge in [-0.25, -0.2) is 0 Å². The van der Waals surface area contributed by atoms with Gasteiger partial charge in [0.1, 0.15) is 0 Å². The first-order chi connectivity index (χ1) is 7.19. The van der Waals surface area contributed by atoms with Gasteiger partial charge in [0.15, 0.2) is 0 Å².